The van der Waals surface area contributed by atoms with Gasteiger partial charge in [0, 0.05) is 12.0 Å². The lowest BCUT2D eigenvalue weighted by Gasteiger charge is -2.22. The number of hydrogen-bond acceptors (Lipinski definition) is 4. The van der Waals surface area contributed by atoms with Gasteiger partial charge < -0.3 is 22.1 Å². The normalized spacial score (nSPS) is 11.0. The highest BCUT2D eigenvalue weighted by Crippen LogP contribution is 2.08. The maximum atomic E-state index is 11.7. The highest BCUT2D eigenvalue weighted by molar-refractivity contribution is 5.88. The van der Waals surface area contributed by atoms with E-state index in [2.05, 4.69) is 0 Å². The lowest BCUT2D eigenvalue weighted by Crippen LogP contribution is -2.44. The van der Waals surface area contributed by atoms with Crippen LogP contribution in [0.4, 0.5) is 0 Å². The van der Waals surface area contributed by atoms with Crippen LogP contribution in [-0.4, -0.2) is 41.2 Å². The molecule has 6 N–H and O–H groups in total. The molecule has 0 rings (SSSR count). The third-order valence-electron chi connectivity index (χ3n) is 2.03. The van der Waals surface area contributed by atoms with Crippen molar-refractivity contribution in [3.05, 3.63) is 0 Å². The van der Waals surface area contributed by atoms with Gasteiger partial charge in [0.05, 0.1) is 13.1 Å². The van der Waals surface area contributed by atoms with Crippen molar-refractivity contribution in [2.45, 2.75) is 32.2 Å². The first-order valence-corrected chi connectivity index (χ1v) is 5.25. The summed E-state index contributed by atoms with van der Waals surface area (Å²) >= 11 is 0. The first-order chi connectivity index (χ1) is 7.61. The van der Waals surface area contributed by atoms with Crippen molar-refractivity contribution in [3.63, 3.8) is 0 Å². The van der Waals surface area contributed by atoms with Crippen LogP contribution in [-0.2, 0) is 14.4 Å². The van der Waals surface area contributed by atoms with Gasteiger partial charge in [-0.25, -0.2) is 0 Å². The first kappa shape index (κ1) is 15.4. The third kappa shape index (κ3) is 8.21. The number of carbonyl (C=O) groups excluding carboxylic acids is 3. The van der Waals surface area contributed by atoms with Crippen LogP contribution in [0.5, 0.6) is 0 Å². The molecule has 0 aliphatic rings. The summed E-state index contributed by atoms with van der Waals surface area (Å²) in [5.41, 5.74) is 15.2. The largest absolute Gasteiger partial charge is 0.368 e. The van der Waals surface area contributed by atoms with E-state index in [0.29, 0.717) is 6.42 Å². The van der Waals surface area contributed by atoms with Crippen LogP contribution in [0.2, 0.25) is 0 Å². The molecule has 0 saturated carbocycles. The van der Waals surface area contributed by atoms with Gasteiger partial charge >= 0.3 is 0 Å². The molecule has 0 heterocycles. The van der Waals surface area contributed by atoms with E-state index in [1.165, 1.54) is 0 Å². The molecule has 0 fully saturated rings. The number of nitrogens with zero attached hydrogens (tertiary/aromatic N) is 1. The molecule has 7 heteroatoms. The number of carbonyl (C=O) groups is 3. The topological polar surface area (TPSA) is 133 Å². The highest BCUT2D eigenvalue weighted by atomic mass is 16.2. The molecule has 0 aromatic carbocycles. The van der Waals surface area contributed by atoms with Crippen molar-refractivity contribution in [3.8, 4) is 0 Å². The fourth-order valence-electron chi connectivity index (χ4n) is 1.20. The summed E-state index contributed by atoms with van der Waals surface area (Å²) in [6.45, 7) is 2.94. The van der Waals surface area contributed by atoms with Gasteiger partial charge in [0.1, 0.15) is 0 Å². The average molecular weight is 244 g/mol. The molecule has 7 nitrogen and oxygen atoms in total. The van der Waals surface area contributed by atoms with Gasteiger partial charge in [0.25, 0.3) is 0 Å². The zero-order valence-electron chi connectivity index (χ0n) is 10.2. The monoisotopic (exact) mass is 244 g/mol. The predicted molar refractivity (Wildman–Crippen MR) is 62.5 cm³/mol. The van der Waals surface area contributed by atoms with Crippen LogP contribution in [0.1, 0.15) is 26.7 Å². The molecule has 98 valence electrons. The van der Waals surface area contributed by atoms with E-state index in [0.717, 1.165) is 4.90 Å². The molecule has 0 radical (unpaired) electrons. The van der Waals surface area contributed by atoms with Crippen LogP contribution < -0.4 is 17.2 Å². The number of rotatable bonds is 7. The van der Waals surface area contributed by atoms with Gasteiger partial charge in [-0.05, 0) is 20.3 Å². The Morgan fingerprint density at radius 1 is 1.06 bits per heavy atom. The maximum Gasteiger partial charge on any atom is 0.237 e. The second-order valence-corrected chi connectivity index (χ2v) is 4.67. The van der Waals surface area contributed by atoms with Crippen LogP contribution in [0, 0.1) is 0 Å². The van der Waals surface area contributed by atoms with E-state index in [4.69, 9.17) is 17.2 Å². The van der Waals surface area contributed by atoms with E-state index < -0.39 is 17.4 Å². The zero-order chi connectivity index (χ0) is 13.6. The Kier molecular flexibility index (Phi) is 5.60. The SMILES string of the molecule is CC(C)(N)CCC(=O)N(CC(N)=O)CC(N)=O. The molecule has 0 aromatic rings. The Balaban J connectivity index is 4.42. The number of primary amides is 2. The Morgan fingerprint density at radius 2 is 1.47 bits per heavy atom. The molecule has 0 atom stereocenters. The summed E-state index contributed by atoms with van der Waals surface area (Å²) in [5.74, 6) is -1.74. The molecule has 0 aromatic heterocycles. The molecule has 0 spiro atoms. The third-order valence-corrected chi connectivity index (χ3v) is 2.03. The van der Waals surface area contributed by atoms with Crippen molar-refractivity contribution in [1.29, 1.82) is 0 Å². The minimum absolute atomic E-state index is 0.143. The van der Waals surface area contributed by atoms with E-state index in [9.17, 15) is 14.4 Å². The molecular formula is C10H20N4O3. The first-order valence-electron chi connectivity index (χ1n) is 5.25. The van der Waals surface area contributed by atoms with Gasteiger partial charge in [0.2, 0.25) is 17.7 Å². The molecule has 0 saturated heterocycles. The molecule has 0 aliphatic carbocycles. The predicted octanol–water partition coefficient (Wildman–Crippen LogP) is -1.70. The van der Waals surface area contributed by atoms with E-state index in [1.54, 1.807) is 13.8 Å². The van der Waals surface area contributed by atoms with Crippen LogP contribution >= 0.6 is 0 Å². The van der Waals surface area contributed by atoms with Crippen LogP contribution in [0.15, 0.2) is 0 Å². The van der Waals surface area contributed by atoms with Crippen LogP contribution in [0.3, 0.4) is 0 Å². The summed E-state index contributed by atoms with van der Waals surface area (Å²) in [5, 5.41) is 0. The molecule has 0 aliphatic heterocycles. The lowest BCUT2D eigenvalue weighted by atomic mass is 10.00. The number of amides is 3. The Morgan fingerprint density at radius 3 is 1.76 bits per heavy atom. The quantitative estimate of drug-likeness (QED) is 0.492. The summed E-state index contributed by atoms with van der Waals surface area (Å²) in [4.78, 5) is 34.3. The van der Waals surface area contributed by atoms with Crippen molar-refractivity contribution < 1.29 is 14.4 Å². The van der Waals surface area contributed by atoms with Gasteiger partial charge in [-0.3, -0.25) is 14.4 Å². The summed E-state index contributed by atoms with van der Waals surface area (Å²) in [7, 11) is 0. The zero-order valence-corrected chi connectivity index (χ0v) is 10.2. The van der Waals surface area contributed by atoms with Gasteiger partial charge in [-0.15, -0.1) is 0 Å². The van der Waals surface area contributed by atoms with E-state index in [1.807, 2.05) is 0 Å². The van der Waals surface area contributed by atoms with Gasteiger partial charge in [-0.2, -0.15) is 0 Å². The van der Waals surface area contributed by atoms with Crippen LogP contribution in [0.25, 0.3) is 0 Å². The smallest absolute Gasteiger partial charge is 0.237 e. The molecule has 3 amide bonds. The van der Waals surface area contributed by atoms with E-state index in [-0.39, 0.29) is 25.4 Å². The highest BCUT2D eigenvalue weighted by Gasteiger charge is 2.20. The van der Waals surface area contributed by atoms with Gasteiger partial charge in [0.15, 0.2) is 0 Å². The number of nitrogens with two attached hydrogens (primary N) is 3. The fourth-order valence-corrected chi connectivity index (χ4v) is 1.20. The standard InChI is InChI=1S/C10H20N4O3/c1-10(2,13)4-3-9(17)14(5-7(11)15)6-8(12)16/h3-6,13H2,1-2H3,(H2,11,15)(H2,12,16). The summed E-state index contributed by atoms with van der Waals surface area (Å²) in [6, 6.07) is 0. The minimum Gasteiger partial charge on any atom is -0.368 e. The fraction of sp³-hybridized carbons (Fsp3) is 0.700. The van der Waals surface area contributed by atoms with Crippen molar-refractivity contribution in [2.24, 2.45) is 17.2 Å². The van der Waals surface area contributed by atoms with Crippen molar-refractivity contribution >= 4 is 17.7 Å². The second kappa shape index (κ2) is 6.19. The Bertz CT molecular complexity index is 293. The summed E-state index contributed by atoms with van der Waals surface area (Å²) in [6.07, 6.45) is 0.587. The Labute approximate surface area is 100 Å². The van der Waals surface area contributed by atoms with Gasteiger partial charge in [-0.1, -0.05) is 0 Å². The average Bonchev–Trinajstić information content (AvgIpc) is 2.10. The second-order valence-electron chi connectivity index (χ2n) is 4.67. The van der Waals surface area contributed by atoms with Crippen molar-refractivity contribution in [2.75, 3.05) is 13.1 Å². The maximum absolute atomic E-state index is 11.7. The van der Waals surface area contributed by atoms with E-state index >= 15 is 0 Å². The van der Waals surface area contributed by atoms with Crippen molar-refractivity contribution in [1.82, 2.24) is 4.90 Å². The molecule has 0 bridgehead atoms. The number of hydrogen-bond donors (Lipinski definition) is 3. The molecular weight excluding hydrogens is 224 g/mol. The molecule has 17 heavy (non-hydrogen) atoms. The summed E-state index contributed by atoms with van der Waals surface area (Å²) < 4.78 is 0. The minimum atomic E-state index is -0.688. The molecule has 0 unspecified atom stereocenters. The Hall–Kier alpha value is -1.63. The lowest BCUT2D eigenvalue weighted by molar-refractivity contribution is -0.138.